The van der Waals surface area contributed by atoms with Gasteiger partial charge in [-0.25, -0.2) is 0 Å². The zero-order chi connectivity index (χ0) is 13.6. The topological polar surface area (TPSA) is 36.4 Å². The van der Waals surface area contributed by atoms with Crippen molar-refractivity contribution in [1.82, 2.24) is 9.88 Å². The van der Waals surface area contributed by atoms with Crippen LogP contribution in [0.2, 0.25) is 0 Å². The van der Waals surface area contributed by atoms with Crippen LogP contribution in [-0.4, -0.2) is 42.0 Å². The maximum Gasteiger partial charge on any atom is 0.235 e. The number of carbonyl (C=O) groups is 1. The molecule has 4 rings (SSSR count). The first-order valence-electron chi connectivity index (χ1n) is 7.71. The molecule has 3 fully saturated rings. The number of rotatable bonds is 3. The highest BCUT2D eigenvalue weighted by molar-refractivity contribution is 6.04. The normalized spacial score (nSPS) is 25.8. The van der Waals surface area contributed by atoms with Crippen LogP contribution in [-0.2, 0) is 4.79 Å². The van der Waals surface area contributed by atoms with Crippen LogP contribution in [0.3, 0.4) is 0 Å². The van der Waals surface area contributed by atoms with Crippen LogP contribution in [0.5, 0.6) is 0 Å². The van der Waals surface area contributed by atoms with E-state index in [-0.39, 0.29) is 5.41 Å². The van der Waals surface area contributed by atoms with Crippen LogP contribution in [0.15, 0.2) is 24.5 Å². The minimum Gasteiger partial charge on any atom is -0.309 e. The van der Waals surface area contributed by atoms with Gasteiger partial charge in [0.2, 0.25) is 5.91 Å². The Hall–Kier alpha value is -1.42. The highest BCUT2D eigenvalue weighted by Crippen LogP contribution is 2.44. The molecule has 0 N–H and O–H groups in total. The average molecular weight is 271 g/mol. The van der Waals surface area contributed by atoms with Gasteiger partial charge in [0.15, 0.2) is 0 Å². The monoisotopic (exact) mass is 271 g/mol. The minimum absolute atomic E-state index is 0.0596. The van der Waals surface area contributed by atoms with Crippen molar-refractivity contribution in [2.45, 2.75) is 25.7 Å². The first-order valence-corrected chi connectivity index (χ1v) is 7.71. The Morgan fingerprint density at radius 1 is 1.30 bits per heavy atom. The fraction of sp³-hybridized carbons (Fsp3) is 0.625. The molecule has 106 valence electrons. The second-order valence-corrected chi connectivity index (χ2v) is 6.63. The van der Waals surface area contributed by atoms with Gasteiger partial charge in [0.25, 0.3) is 0 Å². The first-order chi connectivity index (χ1) is 9.77. The van der Waals surface area contributed by atoms with Crippen molar-refractivity contribution >= 4 is 11.6 Å². The summed E-state index contributed by atoms with van der Waals surface area (Å²) in [6.45, 7) is 4.34. The van der Waals surface area contributed by atoms with E-state index < -0.39 is 0 Å². The standard InChI is InChI=1S/C16H21N3O/c20-15-16(12-19(15)14-2-1-7-17-10-14)5-8-18(9-6-16)11-13-3-4-13/h1-2,7,10,13H,3-6,8-9,11-12H2. The number of likely N-dealkylation sites (tertiary alicyclic amines) is 1. The van der Waals surface area contributed by atoms with Crippen LogP contribution in [0.1, 0.15) is 25.7 Å². The summed E-state index contributed by atoms with van der Waals surface area (Å²) in [5.74, 6) is 1.27. The molecule has 3 heterocycles. The number of piperidine rings is 1. The van der Waals surface area contributed by atoms with E-state index in [1.54, 1.807) is 12.4 Å². The molecule has 1 aromatic rings. The molecule has 1 aliphatic carbocycles. The number of hydrogen-bond donors (Lipinski definition) is 0. The zero-order valence-electron chi connectivity index (χ0n) is 11.8. The van der Waals surface area contributed by atoms with Crippen molar-refractivity contribution in [1.29, 1.82) is 0 Å². The lowest BCUT2D eigenvalue weighted by atomic mass is 9.71. The van der Waals surface area contributed by atoms with Gasteiger partial charge in [0, 0.05) is 19.3 Å². The summed E-state index contributed by atoms with van der Waals surface area (Å²) in [6.07, 6.45) is 8.43. The third-order valence-electron chi connectivity index (χ3n) is 5.14. The van der Waals surface area contributed by atoms with E-state index in [2.05, 4.69) is 9.88 Å². The molecule has 4 nitrogen and oxygen atoms in total. The van der Waals surface area contributed by atoms with Gasteiger partial charge in [-0.05, 0) is 56.8 Å². The van der Waals surface area contributed by atoms with Gasteiger partial charge >= 0.3 is 0 Å². The van der Waals surface area contributed by atoms with Crippen LogP contribution >= 0.6 is 0 Å². The summed E-state index contributed by atoms with van der Waals surface area (Å²) in [7, 11) is 0. The maximum absolute atomic E-state index is 12.6. The van der Waals surface area contributed by atoms with Crippen molar-refractivity contribution in [3.63, 3.8) is 0 Å². The lowest BCUT2D eigenvalue weighted by Crippen LogP contribution is -2.65. The molecule has 1 amide bonds. The quantitative estimate of drug-likeness (QED) is 0.788. The number of amides is 1. The zero-order valence-corrected chi connectivity index (χ0v) is 11.8. The van der Waals surface area contributed by atoms with E-state index >= 15 is 0 Å². The Bertz CT molecular complexity index is 504. The van der Waals surface area contributed by atoms with Crippen LogP contribution in [0.4, 0.5) is 5.69 Å². The number of anilines is 1. The van der Waals surface area contributed by atoms with Gasteiger partial charge in [-0.3, -0.25) is 9.78 Å². The van der Waals surface area contributed by atoms with Crippen LogP contribution < -0.4 is 4.90 Å². The third kappa shape index (κ3) is 2.03. The number of carbonyl (C=O) groups excluding carboxylic acids is 1. The molecule has 0 unspecified atom stereocenters. The van der Waals surface area contributed by atoms with Crippen LogP contribution in [0.25, 0.3) is 0 Å². The minimum atomic E-state index is -0.0596. The molecule has 0 aromatic carbocycles. The largest absolute Gasteiger partial charge is 0.309 e. The highest BCUT2D eigenvalue weighted by Gasteiger charge is 2.53. The van der Waals surface area contributed by atoms with Gasteiger partial charge in [-0.2, -0.15) is 0 Å². The Morgan fingerprint density at radius 3 is 2.70 bits per heavy atom. The van der Waals surface area contributed by atoms with Gasteiger partial charge in [0.1, 0.15) is 0 Å². The van der Waals surface area contributed by atoms with Crippen molar-refractivity contribution < 1.29 is 4.79 Å². The predicted molar refractivity (Wildman–Crippen MR) is 77.4 cm³/mol. The third-order valence-corrected chi connectivity index (χ3v) is 5.14. The number of hydrogen-bond acceptors (Lipinski definition) is 3. The van der Waals surface area contributed by atoms with E-state index in [1.165, 1.54) is 19.4 Å². The van der Waals surface area contributed by atoms with Crippen LogP contribution in [0, 0.1) is 11.3 Å². The summed E-state index contributed by atoms with van der Waals surface area (Å²) < 4.78 is 0. The second kappa shape index (κ2) is 4.55. The van der Waals surface area contributed by atoms with Gasteiger partial charge in [-0.15, -0.1) is 0 Å². The lowest BCUT2D eigenvalue weighted by molar-refractivity contribution is -0.138. The highest BCUT2D eigenvalue weighted by atomic mass is 16.2. The number of β-lactam (4-membered cyclic amide) rings is 1. The lowest BCUT2D eigenvalue weighted by Gasteiger charge is -2.52. The Kier molecular flexibility index (Phi) is 2.81. The van der Waals surface area contributed by atoms with E-state index in [0.29, 0.717) is 5.91 Å². The molecule has 1 saturated carbocycles. The summed E-state index contributed by atoms with van der Waals surface area (Å²) in [6, 6.07) is 3.87. The molecular weight excluding hydrogens is 250 g/mol. The molecule has 3 aliphatic rings. The summed E-state index contributed by atoms with van der Waals surface area (Å²) in [5.41, 5.74) is 0.888. The maximum atomic E-state index is 12.6. The van der Waals surface area contributed by atoms with Crippen molar-refractivity contribution in [2.75, 3.05) is 31.1 Å². The molecule has 1 aromatic heterocycles. The second-order valence-electron chi connectivity index (χ2n) is 6.63. The summed E-state index contributed by atoms with van der Waals surface area (Å²) in [4.78, 5) is 21.1. The Balaban J connectivity index is 1.38. The Labute approximate surface area is 119 Å². The SMILES string of the molecule is O=C1N(c2cccnc2)CC12CCN(CC1CC1)CC2. The summed E-state index contributed by atoms with van der Waals surface area (Å²) in [5, 5.41) is 0. The molecular formula is C16H21N3O. The molecule has 4 heteroatoms. The summed E-state index contributed by atoms with van der Waals surface area (Å²) >= 11 is 0. The molecule has 0 radical (unpaired) electrons. The number of nitrogens with zero attached hydrogens (tertiary/aromatic N) is 3. The molecule has 2 saturated heterocycles. The van der Waals surface area contributed by atoms with E-state index in [4.69, 9.17) is 0 Å². The van der Waals surface area contributed by atoms with Gasteiger partial charge in [0.05, 0.1) is 17.3 Å². The van der Waals surface area contributed by atoms with Crippen molar-refractivity contribution in [3.8, 4) is 0 Å². The molecule has 2 aliphatic heterocycles. The fourth-order valence-corrected chi connectivity index (χ4v) is 3.56. The molecule has 0 atom stereocenters. The number of pyridine rings is 1. The van der Waals surface area contributed by atoms with Gasteiger partial charge in [-0.1, -0.05) is 0 Å². The number of aromatic nitrogens is 1. The molecule has 20 heavy (non-hydrogen) atoms. The first kappa shape index (κ1) is 12.3. The Morgan fingerprint density at radius 2 is 2.10 bits per heavy atom. The molecule has 1 spiro atoms. The predicted octanol–water partition coefficient (Wildman–Crippen LogP) is 1.92. The average Bonchev–Trinajstić information content (AvgIpc) is 3.31. The van der Waals surface area contributed by atoms with E-state index in [9.17, 15) is 4.79 Å². The fourth-order valence-electron chi connectivity index (χ4n) is 3.56. The van der Waals surface area contributed by atoms with Crippen molar-refractivity contribution in [3.05, 3.63) is 24.5 Å². The van der Waals surface area contributed by atoms with E-state index in [1.807, 2.05) is 17.0 Å². The van der Waals surface area contributed by atoms with E-state index in [0.717, 1.165) is 44.1 Å². The van der Waals surface area contributed by atoms with Gasteiger partial charge < -0.3 is 9.80 Å². The smallest absolute Gasteiger partial charge is 0.235 e. The molecule has 0 bridgehead atoms. The van der Waals surface area contributed by atoms with Crippen molar-refractivity contribution in [2.24, 2.45) is 11.3 Å².